The standard InChI is InChI=1S/C20H25FN4O/c1-20(2,3)23-19(26)18-14-17(8-9-22-18)25-12-10-24(11-13-25)16-6-4-15(21)5-7-16/h4-9,14H,10-13H2,1-3H3,(H,23,26). The minimum absolute atomic E-state index is 0.163. The highest BCUT2D eigenvalue weighted by molar-refractivity contribution is 5.93. The van der Waals surface area contributed by atoms with E-state index in [1.165, 1.54) is 12.1 Å². The van der Waals surface area contributed by atoms with Crippen LogP contribution in [0.1, 0.15) is 31.3 Å². The molecule has 0 unspecified atom stereocenters. The molecule has 0 bridgehead atoms. The van der Waals surface area contributed by atoms with Gasteiger partial charge in [0.05, 0.1) is 0 Å². The Morgan fingerprint density at radius 1 is 1.00 bits per heavy atom. The molecule has 1 saturated heterocycles. The Bertz CT molecular complexity index is 762. The predicted molar refractivity (Wildman–Crippen MR) is 102 cm³/mol. The van der Waals surface area contributed by atoms with Crippen molar-refractivity contribution in [2.45, 2.75) is 26.3 Å². The van der Waals surface area contributed by atoms with Gasteiger partial charge in [0.15, 0.2) is 0 Å². The maximum absolute atomic E-state index is 13.1. The SMILES string of the molecule is CC(C)(C)NC(=O)c1cc(N2CCN(c3ccc(F)cc3)CC2)ccn1. The number of carbonyl (C=O) groups is 1. The zero-order valence-corrected chi connectivity index (χ0v) is 15.5. The van der Waals surface area contributed by atoms with Crippen LogP contribution in [-0.4, -0.2) is 42.6 Å². The fourth-order valence-electron chi connectivity index (χ4n) is 3.02. The van der Waals surface area contributed by atoms with E-state index < -0.39 is 0 Å². The van der Waals surface area contributed by atoms with Gasteiger partial charge in [-0.2, -0.15) is 0 Å². The summed E-state index contributed by atoms with van der Waals surface area (Å²) in [4.78, 5) is 21.0. The molecule has 2 heterocycles. The lowest BCUT2D eigenvalue weighted by Gasteiger charge is -2.37. The molecule has 6 heteroatoms. The van der Waals surface area contributed by atoms with E-state index in [0.717, 1.165) is 37.6 Å². The van der Waals surface area contributed by atoms with Crippen LogP contribution in [0.15, 0.2) is 42.6 Å². The maximum atomic E-state index is 13.1. The lowest BCUT2D eigenvalue weighted by atomic mass is 10.1. The van der Waals surface area contributed by atoms with Crippen molar-refractivity contribution in [1.29, 1.82) is 0 Å². The number of anilines is 2. The van der Waals surface area contributed by atoms with Crippen LogP contribution in [0.2, 0.25) is 0 Å². The first-order chi connectivity index (χ1) is 12.3. The molecule has 1 N–H and O–H groups in total. The molecule has 1 aromatic heterocycles. The third kappa shape index (κ3) is 4.50. The molecule has 3 rings (SSSR count). The van der Waals surface area contributed by atoms with Crippen LogP contribution < -0.4 is 15.1 Å². The van der Waals surface area contributed by atoms with Gasteiger partial charge in [-0.1, -0.05) is 0 Å². The summed E-state index contributed by atoms with van der Waals surface area (Å²) in [6.07, 6.45) is 1.68. The first-order valence-electron chi connectivity index (χ1n) is 8.86. The summed E-state index contributed by atoms with van der Waals surface area (Å²) in [7, 11) is 0. The first-order valence-corrected chi connectivity index (χ1v) is 8.86. The van der Waals surface area contributed by atoms with Gasteiger partial charge in [0.1, 0.15) is 11.5 Å². The number of benzene rings is 1. The molecule has 0 spiro atoms. The Labute approximate surface area is 153 Å². The van der Waals surface area contributed by atoms with Crippen molar-refractivity contribution < 1.29 is 9.18 Å². The molecule has 0 saturated carbocycles. The summed E-state index contributed by atoms with van der Waals surface area (Å²) >= 11 is 0. The van der Waals surface area contributed by atoms with Crippen LogP contribution in [0, 0.1) is 5.82 Å². The summed E-state index contributed by atoms with van der Waals surface area (Å²) in [5.41, 5.74) is 2.16. The van der Waals surface area contributed by atoms with E-state index in [0.29, 0.717) is 5.69 Å². The molecule has 0 atom stereocenters. The molecule has 5 nitrogen and oxygen atoms in total. The molecule has 2 aromatic rings. The summed E-state index contributed by atoms with van der Waals surface area (Å²) in [5.74, 6) is -0.380. The van der Waals surface area contributed by atoms with Crippen molar-refractivity contribution in [1.82, 2.24) is 10.3 Å². The molecular formula is C20H25FN4O. The third-order valence-corrected chi connectivity index (χ3v) is 4.30. The Morgan fingerprint density at radius 3 is 2.15 bits per heavy atom. The normalized spacial score (nSPS) is 15.1. The molecule has 1 aliphatic heterocycles. The number of hydrogen-bond acceptors (Lipinski definition) is 4. The van der Waals surface area contributed by atoms with E-state index >= 15 is 0 Å². The van der Waals surface area contributed by atoms with Crippen LogP contribution in [0.25, 0.3) is 0 Å². The van der Waals surface area contributed by atoms with Gasteiger partial charge in [-0.15, -0.1) is 0 Å². The molecule has 0 aliphatic carbocycles. The average Bonchev–Trinajstić information content (AvgIpc) is 2.61. The zero-order valence-electron chi connectivity index (χ0n) is 15.5. The summed E-state index contributed by atoms with van der Waals surface area (Å²) in [6, 6.07) is 10.4. The van der Waals surface area contributed by atoms with Gasteiger partial charge in [0.2, 0.25) is 0 Å². The number of nitrogens with one attached hydrogen (secondary N) is 1. The fraction of sp³-hybridized carbons (Fsp3) is 0.400. The van der Waals surface area contributed by atoms with E-state index in [9.17, 15) is 9.18 Å². The van der Waals surface area contributed by atoms with E-state index in [1.807, 2.05) is 45.0 Å². The predicted octanol–water partition coefficient (Wildman–Crippen LogP) is 3.08. The number of nitrogens with zero attached hydrogens (tertiary/aromatic N) is 3. The quantitative estimate of drug-likeness (QED) is 0.918. The number of halogens is 1. The molecule has 1 aromatic carbocycles. The second-order valence-corrected chi connectivity index (χ2v) is 7.55. The topological polar surface area (TPSA) is 48.5 Å². The Morgan fingerprint density at radius 2 is 1.58 bits per heavy atom. The van der Waals surface area contributed by atoms with Crippen LogP contribution in [0.4, 0.5) is 15.8 Å². The lowest BCUT2D eigenvalue weighted by Crippen LogP contribution is -2.46. The highest BCUT2D eigenvalue weighted by Gasteiger charge is 2.20. The number of carbonyl (C=O) groups excluding carboxylic acids is 1. The van der Waals surface area contributed by atoms with Gasteiger partial charge in [0.25, 0.3) is 5.91 Å². The van der Waals surface area contributed by atoms with E-state index in [-0.39, 0.29) is 17.3 Å². The molecule has 1 aliphatic rings. The van der Waals surface area contributed by atoms with Gasteiger partial charge < -0.3 is 15.1 Å². The third-order valence-electron chi connectivity index (χ3n) is 4.30. The summed E-state index contributed by atoms with van der Waals surface area (Å²) in [5, 5.41) is 2.94. The van der Waals surface area contributed by atoms with Crippen molar-refractivity contribution in [2.24, 2.45) is 0 Å². The number of hydrogen-bond donors (Lipinski definition) is 1. The largest absolute Gasteiger partial charge is 0.368 e. The van der Waals surface area contributed by atoms with Crippen molar-refractivity contribution in [2.75, 3.05) is 36.0 Å². The molecular weight excluding hydrogens is 331 g/mol. The van der Waals surface area contributed by atoms with Crippen LogP contribution in [0.3, 0.4) is 0 Å². The zero-order chi connectivity index (χ0) is 18.7. The van der Waals surface area contributed by atoms with Crippen molar-refractivity contribution in [3.8, 4) is 0 Å². The van der Waals surface area contributed by atoms with E-state index in [2.05, 4.69) is 20.1 Å². The van der Waals surface area contributed by atoms with Gasteiger partial charge >= 0.3 is 0 Å². The minimum Gasteiger partial charge on any atom is -0.368 e. The number of aromatic nitrogens is 1. The van der Waals surface area contributed by atoms with Crippen molar-refractivity contribution >= 4 is 17.3 Å². The van der Waals surface area contributed by atoms with Crippen LogP contribution in [-0.2, 0) is 0 Å². The van der Waals surface area contributed by atoms with Gasteiger partial charge in [-0.25, -0.2) is 4.39 Å². The van der Waals surface area contributed by atoms with Crippen LogP contribution in [0.5, 0.6) is 0 Å². The molecule has 138 valence electrons. The summed E-state index contributed by atoms with van der Waals surface area (Å²) in [6.45, 7) is 9.20. The van der Waals surface area contributed by atoms with Crippen molar-refractivity contribution in [3.05, 3.63) is 54.1 Å². The Kier molecular flexibility index (Phi) is 5.11. The number of piperazine rings is 1. The highest BCUT2D eigenvalue weighted by atomic mass is 19.1. The summed E-state index contributed by atoms with van der Waals surface area (Å²) < 4.78 is 13.1. The second-order valence-electron chi connectivity index (χ2n) is 7.55. The van der Waals surface area contributed by atoms with Crippen molar-refractivity contribution in [3.63, 3.8) is 0 Å². The van der Waals surface area contributed by atoms with E-state index in [1.54, 1.807) is 6.20 Å². The van der Waals surface area contributed by atoms with Gasteiger partial charge in [0, 0.05) is 49.3 Å². The number of amides is 1. The van der Waals surface area contributed by atoms with Gasteiger partial charge in [-0.3, -0.25) is 9.78 Å². The minimum atomic E-state index is -0.296. The molecule has 0 radical (unpaired) electrons. The second kappa shape index (κ2) is 7.32. The Hall–Kier alpha value is -2.63. The van der Waals surface area contributed by atoms with Gasteiger partial charge in [-0.05, 0) is 57.2 Å². The maximum Gasteiger partial charge on any atom is 0.270 e. The molecule has 1 fully saturated rings. The molecule has 1 amide bonds. The average molecular weight is 356 g/mol. The lowest BCUT2D eigenvalue weighted by molar-refractivity contribution is 0.0914. The molecule has 26 heavy (non-hydrogen) atoms. The van der Waals surface area contributed by atoms with Crippen LogP contribution >= 0.6 is 0 Å². The fourth-order valence-corrected chi connectivity index (χ4v) is 3.02. The van der Waals surface area contributed by atoms with E-state index in [4.69, 9.17) is 0 Å². The monoisotopic (exact) mass is 356 g/mol. The number of rotatable bonds is 3. The highest BCUT2D eigenvalue weighted by Crippen LogP contribution is 2.21. The smallest absolute Gasteiger partial charge is 0.270 e. The number of pyridine rings is 1. The first kappa shape index (κ1) is 18.2. The Balaban J connectivity index is 1.65.